The standard InChI is InChI=1S/C10H9N3/c11-6-9(12)7-1-2-10-8(5-7)3-4-13-10/h1-5,9,13H,12H2/t9-/m0/s1. The van der Waals surface area contributed by atoms with Crippen molar-refractivity contribution in [1.82, 2.24) is 4.98 Å². The first-order valence-corrected chi connectivity index (χ1v) is 4.03. The van der Waals surface area contributed by atoms with Crippen LogP contribution in [-0.2, 0) is 0 Å². The summed E-state index contributed by atoms with van der Waals surface area (Å²) < 4.78 is 0. The van der Waals surface area contributed by atoms with E-state index in [-0.39, 0.29) is 0 Å². The minimum atomic E-state index is -0.528. The fourth-order valence-corrected chi connectivity index (χ4v) is 1.34. The molecule has 0 aliphatic rings. The summed E-state index contributed by atoms with van der Waals surface area (Å²) in [6.45, 7) is 0. The number of hydrogen-bond acceptors (Lipinski definition) is 2. The lowest BCUT2D eigenvalue weighted by Crippen LogP contribution is -2.06. The minimum Gasteiger partial charge on any atom is -0.361 e. The number of rotatable bonds is 1. The van der Waals surface area contributed by atoms with Crippen molar-refractivity contribution in [3.05, 3.63) is 36.0 Å². The van der Waals surface area contributed by atoms with Crippen molar-refractivity contribution in [3.63, 3.8) is 0 Å². The third-order valence-electron chi connectivity index (χ3n) is 2.08. The van der Waals surface area contributed by atoms with E-state index >= 15 is 0 Å². The van der Waals surface area contributed by atoms with Crippen LogP contribution in [0.2, 0.25) is 0 Å². The number of nitrogens with one attached hydrogen (secondary N) is 1. The first kappa shape index (κ1) is 7.84. The molecule has 2 aromatic rings. The predicted octanol–water partition coefficient (Wildman–Crippen LogP) is 1.69. The lowest BCUT2D eigenvalue weighted by atomic mass is 10.1. The Labute approximate surface area is 75.8 Å². The molecule has 1 atom stereocenters. The molecular formula is C10H9N3. The molecule has 1 heterocycles. The topological polar surface area (TPSA) is 65.6 Å². The maximum absolute atomic E-state index is 8.63. The molecule has 3 nitrogen and oxygen atoms in total. The summed E-state index contributed by atoms with van der Waals surface area (Å²) in [7, 11) is 0. The molecule has 0 radical (unpaired) electrons. The van der Waals surface area contributed by atoms with Gasteiger partial charge in [0.2, 0.25) is 0 Å². The summed E-state index contributed by atoms with van der Waals surface area (Å²) in [6.07, 6.45) is 1.87. The van der Waals surface area contributed by atoms with Crippen molar-refractivity contribution in [2.45, 2.75) is 6.04 Å². The summed E-state index contributed by atoms with van der Waals surface area (Å²) in [4.78, 5) is 3.08. The molecule has 1 aromatic heterocycles. The molecule has 3 N–H and O–H groups in total. The zero-order valence-electron chi connectivity index (χ0n) is 6.99. The molecular weight excluding hydrogens is 162 g/mol. The maximum Gasteiger partial charge on any atom is 0.118 e. The van der Waals surface area contributed by atoms with Crippen molar-refractivity contribution < 1.29 is 0 Å². The molecule has 0 unspecified atom stereocenters. The molecule has 0 saturated carbocycles. The van der Waals surface area contributed by atoms with E-state index < -0.39 is 6.04 Å². The smallest absolute Gasteiger partial charge is 0.118 e. The fourth-order valence-electron chi connectivity index (χ4n) is 1.34. The summed E-state index contributed by atoms with van der Waals surface area (Å²) in [6, 6.07) is 9.17. The quantitative estimate of drug-likeness (QED) is 0.685. The van der Waals surface area contributed by atoms with E-state index in [0.717, 1.165) is 16.5 Å². The van der Waals surface area contributed by atoms with Gasteiger partial charge in [0.05, 0.1) is 6.07 Å². The van der Waals surface area contributed by atoms with E-state index in [1.165, 1.54) is 0 Å². The van der Waals surface area contributed by atoms with Crippen LogP contribution >= 0.6 is 0 Å². The van der Waals surface area contributed by atoms with Gasteiger partial charge in [0.15, 0.2) is 0 Å². The average Bonchev–Trinajstić information content (AvgIpc) is 2.63. The second-order valence-electron chi connectivity index (χ2n) is 2.93. The second kappa shape index (κ2) is 2.92. The van der Waals surface area contributed by atoms with Crippen molar-refractivity contribution in [1.29, 1.82) is 5.26 Å². The van der Waals surface area contributed by atoms with Crippen LogP contribution < -0.4 is 5.73 Å². The normalized spacial score (nSPS) is 12.6. The van der Waals surface area contributed by atoms with Gasteiger partial charge in [-0.25, -0.2) is 0 Å². The van der Waals surface area contributed by atoms with Crippen LogP contribution in [0.4, 0.5) is 0 Å². The van der Waals surface area contributed by atoms with Gasteiger partial charge in [0, 0.05) is 11.7 Å². The van der Waals surface area contributed by atoms with Gasteiger partial charge in [-0.2, -0.15) is 5.26 Å². The van der Waals surface area contributed by atoms with Crippen LogP contribution in [0.5, 0.6) is 0 Å². The number of hydrogen-bond donors (Lipinski definition) is 2. The Bertz CT molecular complexity index is 464. The third kappa shape index (κ3) is 1.28. The minimum absolute atomic E-state index is 0.528. The molecule has 0 aliphatic heterocycles. The molecule has 64 valence electrons. The highest BCUT2D eigenvalue weighted by Crippen LogP contribution is 2.17. The predicted molar refractivity (Wildman–Crippen MR) is 50.8 cm³/mol. The van der Waals surface area contributed by atoms with Crippen molar-refractivity contribution in [2.75, 3.05) is 0 Å². The number of benzene rings is 1. The number of nitriles is 1. The molecule has 13 heavy (non-hydrogen) atoms. The Morgan fingerprint density at radius 2 is 2.23 bits per heavy atom. The van der Waals surface area contributed by atoms with E-state index in [4.69, 9.17) is 11.0 Å². The Morgan fingerprint density at radius 3 is 3.00 bits per heavy atom. The number of fused-ring (bicyclic) bond motifs is 1. The largest absolute Gasteiger partial charge is 0.361 e. The van der Waals surface area contributed by atoms with Crippen LogP contribution in [0.3, 0.4) is 0 Å². The van der Waals surface area contributed by atoms with Crippen LogP contribution in [0.15, 0.2) is 30.5 Å². The number of aromatic nitrogens is 1. The highest BCUT2D eigenvalue weighted by molar-refractivity contribution is 5.80. The van der Waals surface area contributed by atoms with E-state index in [2.05, 4.69) is 4.98 Å². The van der Waals surface area contributed by atoms with Crippen molar-refractivity contribution >= 4 is 10.9 Å². The Kier molecular flexibility index (Phi) is 1.76. The first-order chi connectivity index (χ1) is 6.31. The molecule has 0 bridgehead atoms. The van der Waals surface area contributed by atoms with Gasteiger partial charge in [-0.1, -0.05) is 6.07 Å². The highest BCUT2D eigenvalue weighted by atomic mass is 14.7. The van der Waals surface area contributed by atoms with Gasteiger partial charge in [-0.05, 0) is 29.1 Å². The van der Waals surface area contributed by atoms with Crippen molar-refractivity contribution in [3.8, 4) is 6.07 Å². The first-order valence-electron chi connectivity index (χ1n) is 4.03. The zero-order valence-corrected chi connectivity index (χ0v) is 6.99. The van der Waals surface area contributed by atoms with E-state index in [1.807, 2.05) is 36.5 Å². The summed E-state index contributed by atoms with van der Waals surface area (Å²) >= 11 is 0. The van der Waals surface area contributed by atoms with Gasteiger partial charge in [0.25, 0.3) is 0 Å². The van der Waals surface area contributed by atoms with Crippen LogP contribution in [-0.4, -0.2) is 4.98 Å². The SMILES string of the molecule is N#C[C@H](N)c1ccc2[nH]ccc2c1. The van der Waals surface area contributed by atoms with E-state index in [9.17, 15) is 0 Å². The molecule has 0 amide bonds. The molecule has 2 rings (SSSR count). The van der Waals surface area contributed by atoms with Gasteiger partial charge < -0.3 is 10.7 Å². The summed E-state index contributed by atoms with van der Waals surface area (Å²) in [5.41, 5.74) is 7.50. The fraction of sp³-hybridized carbons (Fsp3) is 0.100. The van der Waals surface area contributed by atoms with Crippen LogP contribution in [0.1, 0.15) is 11.6 Å². The summed E-state index contributed by atoms with van der Waals surface area (Å²) in [5, 5.41) is 9.71. The average molecular weight is 171 g/mol. The monoisotopic (exact) mass is 171 g/mol. The third-order valence-corrected chi connectivity index (χ3v) is 2.08. The maximum atomic E-state index is 8.63. The number of H-pyrrole nitrogens is 1. The zero-order chi connectivity index (χ0) is 9.26. The molecule has 0 saturated heterocycles. The summed E-state index contributed by atoms with van der Waals surface area (Å²) in [5.74, 6) is 0. The molecule has 1 aromatic carbocycles. The molecule has 0 spiro atoms. The number of aromatic amines is 1. The van der Waals surface area contributed by atoms with Crippen LogP contribution in [0.25, 0.3) is 10.9 Å². The van der Waals surface area contributed by atoms with Crippen LogP contribution in [0, 0.1) is 11.3 Å². The Morgan fingerprint density at radius 1 is 1.38 bits per heavy atom. The number of nitrogens with two attached hydrogens (primary N) is 1. The Hall–Kier alpha value is -1.79. The van der Waals surface area contributed by atoms with Gasteiger partial charge in [-0.3, -0.25) is 0 Å². The molecule has 0 aliphatic carbocycles. The molecule has 0 fully saturated rings. The number of nitrogens with zero attached hydrogens (tertiary/aromatic N) is 1. The Balaban J connectivity index is 2.55. The second-order valence-corrected chi connectivity index (χ2v) is 2.93. The van der Waals surface area contributed by atoms with Gasteiger partial charge in [-0.15, -0.1) is 0 Å². The van der Waals surface area contributed by atoms with Crippen molar-refractivity contribution in [2.24, 2.45) is 5.73 Å². The molecule has 3 heteroatoms. The highest BCUT2D eigenvalue weighted by Gasteiger charge is 2.04. The lowest BCUT2D eigenvalue weighted by molar-refractivity contribution is 0.929. The van der Waals surface area contributed by atoms with E-state index in [0.29, 0.717) is 0 Å². The van der Waals surface area contributed by atoms with Gasteiger partial charge in [0.1, 0.15) is 6.04 Å². The van der Waals surface area contributed by atoms with E-state index in [1.54, 1.807) is 0 Å². The van der Waals surface area contributed by atoms with Gasteiger partial charge >= 0.3 is 0 Å². The lowest BCUT2D eigenvalue weighted by Gasteiger charge is -2.01.